The standard InChI is InChI=1S/C23H23F3N4O2S/c24-23(25,26)16-4-5-17(28-14-16)3-1-2-15-7-10-30(11-8-15)22-27-9-6-18(29-22)12-20-19(31)13-21(32)33-20/h4-6,9,12,14-15H,1-3,7-8,10-11,13H2/b20-12-. The van der Waals surface area contributed by atoms with Gasteiger partial charge in [-0.05, 0) is 74.1 Å². The molecule has 2 saturated heterocycles. The fourth-order valence-corrected chi connectivity index (χ4v) is 4.82. The predicted molar refractivity (Wildman–Crippen MR) is 119 cm³/mol. The molecule has 0 spiro atoms. The number of aryl methyl sites for hydroxylation is 1. The molecule has 0 atom stereocenters. The van der Waals surface area contributed by atoms with Crippen LogP contribution in [0.3, 0.4) is 0 Å². The summed E-state index contributed by atoms with van der Waals surface area (Å²) in [4.78, 5) is 38.6. The molecule has 4 rings (SSSR count). The Bertz CT molecular complexity index is 1050. The van der Waals surface area contributed by atoms with E-state index in [4.69, 9.17) is 0 Å². The minimum absolute atomic E-state index is 0.0586. The van der Waals surface area contributed by atoms with Gasteiger partial charge in [-0.3, -0.25) is 14.6 Å². The van der Waals surface area contributed by atoms with Gasteiger partial charge in [0.15, 0.2) is 5.78 Å². The quantitative estimate of drug-likeness (QED) is 0.442. The van der Waals surface area contributed by atoms with Crippen molar-refractivity contribution in [3.05, 3.63) is 52.4 Å². The third-order valence-electron chi connectivity index (χ3n) is 5.84. The van der Waals surface area contributed by atoms with Crippen molar-refractivity contribution in [3.63, 3.8) is 0 Å². The van der Waals surface area contributed by atoms with E-state index >= 15 is 0 Å². The molecule has 174 valence electrons. The number of nitrogens with zero attached hydrogens (tertiary/aromatic N) is 4. The Morgan fingerprint density at radius 1 is 1.12 bits per heavy atom. The minimum Gasteiger partial charge on any atom is -0.341 e. The molecule has 0 amide bonds. The minimum atomic E-state index is -4.36. The number of pyridine rings is 1. The van der Waals surface area contributed by atoms with Crippen molar-refractivity contribution in [1.29, 1.82) is 0 Å². The van der Waals surface area contributed by atoms with Gasteiger partial charge >= 0.3 is 6.18 Å². The summed E-state index contributed by atoms with van der Waals surface area (Å²) in [5, 5.41) is -0.142. The smallest absolute Gasteiger partial charge is 0.341 e. The van der Waals surface area contributed by atoms with E-state index in [-0.39, 0.29) is 17.3 Å². The van der Waals surface area contributed by atoms with Crippen LogP contribution in [-0.4, -0.2) is 38.9 Å². The van der Waals surface area contributed by atoms with E-state index in [9.17, 15) is 22.8 Å². The lowest BCUT2D eigenvalue weighted by atomic mass is 9.91. The molecular weight excluding hydrogens is 453 g/mol. The van der Waals surface area contributed by atoms with Crippen molar-refractivity contribution in [1.82, 2.24) is 15.0 Å². The van der Waals surface area contributed by atoms with Crippen molar-refractivity contribution in [2.75, 3.05) is 18.0 Å². The molecule has 2 aromatic heterocycles. The number of halogens is 3. The predicted octanol–water partition coefficient (Wildman–Crippen LogP) is 4.70. The van der Waals surface area contributed by atoms with Crippen LogP contribution in [0.1, 0.15) is 49.1 Å². The van der Waals surface area contributed by atoms with Crippen molar-refractivity contribution < 1.29 is 22.8 Å². The highest BCUT2D eigenvalue weighted by Gasteiger charge is 2.30. The summed E-state index contributed by atoms with van der Waals surface area (Å²) >= 11 is 0.962. The number of alkyl halides is 3. The first-order chi connectivity index (χ1) is 15.8. The number of Topliss-reactive ketones (excluding diaryl/α,β-unsaturated/α-hetero) is 1. The Morgan fingerprint density at radius 2 is 1.91 bits per heavy atom. The molecule has 0 unspecified atom stereocenters. The maximum atomic E-state index is 12.6. The van der Waals surface area contributed by atoms with Gasteiger partial charge in [0.25, 0.3) is 0 Å². The molecular formula is C23H23F3N4O2S. The first kappa shape index (κ1) is 23.4. The second kappa shape index (κ2) is 10.0. The van der Waals surface area contributed by atoms with Gasteiger partial charge in [0.2, 0.25) is 11.1 Å². The van der Waals surface area contributed by atoms with Gasteiger partial charge in [-0.15, -0.1) is 0 Å². The lowest BCUT2D eigenvalue weighted by Crippen LogP contribution is -2.35. The van der Waals surface area contributed by atoms with Crippen LogP contribution in [0.4, 0.5) is 19.1 Å². The van der Waals surface area contributed by atoms with Gasteiger partial charge in [0.05, 0.1) is 22.6 Å². The Kier molecular flexibility index (Phi) is 7.11. The Balaban J connectivity index is 1.25. The molecule has 2 aliphatic heterocycles. The first-order valence-electron chi connectivity index (χ1n) is 10.8. The number of hydrogen-bond acceptors (Lipinski definition) is 7. The molecule has 2 aliphatic rings. The maximum absolute atomic E-state index is 12.6. The molecule has 10 heteroatoms. The fourth-order valence-electron chi connectivity index (χ4n) is 4.01. The lowest BCUT2D eigenvalue weighted by molar-refractivity contribution is -0.137. The van der Waals surface area contributed by atoms with Crippen LogP contribution in [0.25, 0.3) is 6.08 Å². The highest BCUT2D eigenvalue weighted by atomic mass is 32.2. The summed E-state index contributed by atoms with van der Waals surface area (Å²) in [7, 11) is 0. The molecule has 33 heavy (non-hydrogen) atoms. The van der Waals surface area contributed by atoms with E-state index in [1.807, 2.05) is 0 Å². The summed E-state index contributed by atoms with van der Waals surface area (Å²) < 4.78 is 37.9. The average Bonchev–Trinajstić information content (AvgIpc) is 3.10. The zero-order chi connectivity index (χ0) is 23.4. The Morgan fingerprint density at radius 3 is 2.55 bits per heavy atom. The average molecular weight is 477 g/mol. The van der Waals surface area contributed by atoms with Crippen LogP contribution in [0.5, 0.6) is 0 Å². The largest absolute Gasteiger partial charge is 0.417 e. The van der Waals surface area contributed by atoms with Crippen LogP contribution in [0, 0.1) is 5.92 Å². The highest BCUT2D eigenvalue weighted by Crippen LogP contribution is 2.31. The van der Waals surface area contributed by atoms with E-state index in [0.29, 0.717) is 34.6 Å². The van der Waals surface area contributed by atoms with Crippen molar-refractivity contribution in [2.45, 2.75) is 44.7 Å². The molecule has 0 aliphatic carbocycles. The number of carbonyl (C=O) groups is 2. The molecule has 2 aromatic rings. The maximum Gasteiger partial charge on any atom is 0.417 e. The fraction of sp³-hybridized carbons (Fsp3) is 0.435. The molecule has 2 fully saturated rings. The van der Waals surface area contributed by atoms with Gasteiger partial charge in [-0.2, -0.15) is 13.2 Å². The molecule has 6 nitrogen and oxygen atoms in total. The molecule has 0 bridgehead atoms. The Hall–Kier alpha value is -2.75. The first-order valence-corrected chi connectivity index (χ1v) is 11.7. The van der Waals surface area contributed by atoms with Gasteiger partial charge in [0, 0.05) is 31.2 Å². The normalized spacial score (nSPS) is 19.0. The number of carbonyl (C=O) groups excluding carboxylic acids is 2. The summed E-state index contributed by atoms with van der Waals surface area (Å²) in [6.45, 7) is 1.63. The number of allylic oxidation sites excluding steroid dienone is 1. The number of thioether (sulfide) groups is 1. The molecule has 0 aromatic carbocycles. The van der Waals surface area contributed by atoms with Gasteiger partial charge in [0.1, 0.15) is 0 Å². The van der Waals surface area contributed by atoms with E-state index in [1.54, 1.807) is 18.3 Å². The van der Waals surface area contributed by atoms with Crippen LogP contribution in [0.2, 0.25) is 0 Å². The number of hydrogen-bond donors (Lipinski definition) is 0. The lowest BCUT2D eigenvalue weighted by Gasteiger charge is -2.32. The number of aromatic nitrogens is 3. The molecule has 0 saturated carbocycles. The van der Waals surface area contributed by atoms with Gasteiger partial charge < -0.3 is 4.90 Å². The van der Waals surface area contributed by atoms with E-state index in [2.05, 4.69) is 19.9 Å². The van der Waals surface area contributed by atoms with Crippen molar-refractivity contribution in [2.24, 2.45) is 5.92 Å². The third-order valence-corrected chi connectivity index (χ3v) is 6.78. The van der Waals surface area contributed by atoms with Gasteiger partial charge in [-0.25, -0.2) is 9.97 Å². The van der Waals surface area contributed by atoms with Crippen molar-refractivity contribution in [3.8, 4) is 0 Å². The van der Waals surface area contributed by atoms with Crippen molar-refractivity contribution >= 4 is 34.7 Å². The zero-order valence-corrected chi connectivity index (χ0v) is 18.7. The van der Waals surface area contributed by atoms with E-state index < -0.39 is 11.7 Å². The third kappa shape index (κ3) is 6.19. The van der Waals surface area contributed by atoms with E-state index in [1.165, 1.54) is 6.07 Å². The van der Waals surface area contributed by atoms with Crippen LogP contribution < -0.4 is 4.90 Å². The highest BCUT2D eigenvalue weighted by molar-refractivity contribution is 8.18. The molecule has 0 N–H and O–H groups in total. The van der Waals surface area contributed by atoms with Crippen LogP contribution >= 0.6 is 11.8 Å². The zero-order valence-electron chi connectivity index (χ0n) is 17.8. The van der Waals surface area contributed by atoms with Gasteiger partial charge in [-0.1, -0.05) is 0 Å². The number of piperidine rings is 1. The summed E-state index contributed by atoms with van der Waals surface area (Å²) in [6, 6.07) is 4.26. The number of ketones is 1. The number of rotatable bonds is 6. The monoisotopic (exact) mass is 476 g/mol. The summed E-state index contributed by atoms with van der Waals surface area (Å²) in [5.41, 5.74) is 0.570. The summed E-state index contributed by atoms with van der Waals surface area (Å²) in [6.07, 6.45) is 4.30. The van der Waals surface area contributed by atoms with Crippen LogP contribution in [-0.2, 0) is 22.2 Å². The molecule has 0 radical (unpaired) electrons. The topological polar surface area (TPSA) is 76.1 Å². The number of anilines is 1. The second-order valence-electron chi connectivity index (χ2n) is 8.22. The SMILES string of the molecule is O=C1CC(=O)/C(=C/c2ccnc(N3CCC(CCCc4ccc(C(F)(F)F)cn4)CC3)n2)S1. The Labute approximate surface area is 193 Å². The van der Waals surface area contributed by atoms with Crippen LogP contribution in [0.15, 0.2) is 35.5 Å². The van der Waals surface area contributed by atoms with E-state index in [0.717, 1.165) is 62.8 Å². The second-order valence-corrected chi connectivity index (χ2v) is 9.32. The molecule has 4 heterocycles. The summed E-state index contributed by atoms with van der Waals surface area (Å²) in [5.74, 6) is 0.982.